The second-order valence-corrected chi connectivity index (χ2v) is 6.99. The lowest BCUT2D eigenvalue weighted by molar-refractivity contribution is -0.116. The van der Waals surface area contributed by atoms with E-state index >= 15 is 0 Å². The second kappa shape index (κ2) is 7.12. The predicted molar refractivity (Wildman–Crippen MR) is 103 cm³/mol. The number of rotatable bonds is 3. The third-order valence-electron chi connectivity index (χ3n) is 5.21. The number of hydrogen-bond acceptors (Lipinski definition) is 1. The highest BCUT2D eigenvalue weighted by molar-refractivity contribution is 6.33. The SMILES string of the molecule is C[C@@H]1C(=O)C(c2ccc(F)cc2)=C(c2cc(F)cc(F)c2)C1c1ccccc1. The highest BCUT2D eigenvalue weighted by Crippen LogP contribution is 2.50. The summed E-state index contributed by atoms with van der Waals surface area (Å²) in [7, 11) is 0. The third kappa shape index (κ3) is 3.15. The molecular weight excluding hydrogens is 361 g/mol. The van der Waals surface area contributed by atoms with Gasteiger partial charge in [0.25, 0.3) is 0 Å². The second-order valence-electron chi connectivity index (χ2n) is 6.99. The Morgan fingerprint density at radius 1 is 0.714 bits per heavy atom. The van der Waals surface area contributed by atoms with Crippen molar-refractivity contribution < 1.29 is 18.0 Å². The zero-order valence-electron chi connectivity index (χ0n) is 15.1. The molecule has 0 spiro atoms. The van der Waals surface area contributed by atoms with Gasteiger partial charge in [0.15, 0.2) is 5.78 Å². The van der Waals surface area contributed by atoms with Crippen LogP contribution >= 0.6 is 0 Å². The molecule has 4 rings (SSSR count). The van der Waals surface area contributed by atoms with Gasteiger partial charge < -0.3 is 0 Å². The van der Waals surface area contributed by atoms with Gasteiger partial charge in [-0.1, -0.05) is 49.4 Å². The molecule has 0 radical (unpaired) electrons. The van der Waals surface area contributed by atoms with E-state index in [9.17, 15) is 18.0 Å². The van der Waals surface area contributed by atoms with Crippen LogP contribution in [0.1, 0.15) is 29.5 Å². The predicted octanol–water partition coefficient (Wildman–Crippen LogP) is 6.02. The topological polar surface area (TPSA) is 17.1 Å². The fourth-order valence-electron chi connectivity index (χ4n) is 3.98. The molecular formula is C24H17F3O. The van der Waals surface area contributed by atoms with Crippen molar-refractivity contribution in [1.29, 1.82) is 0 Å². The molecule has 0 amide bonds. The molecule has 1 aliphatic carbocycles. The minimum Gasteiger partial charge on any atom is -0.294 e. The molecule has 0 heterocycles. The normalized spacial score (nSPS) is 19.4. The van der Waals surface area contributed by atoms with Crippen LogP contribution in [0, 0.1) is 23.4 Å². The number of carbonyl (C=O) groups excluding carboxylic acids is 1. The molecule has 0 saturated carbocycles. The van der Waals surface area contributed by atoms with Gasteiger partial charge in [0, 0.05) is 23.5 Å². The molecule has 0 aliphatic heterocycles. The van der Waals surface area contributed by atoms with Crippen LogP contribution < -0.4 is 0 Å². The minimum absolute atomic E-state index is 0.125. The monoisotopic (exact) mass is 378 g/mol. The van der Waals surface area contributed by atoms with Crippen molar-refractivity contribution in [2.24, 2.45) is 5.92 Å². The summed E-state index contributed by atoms with van der Waals surface area (Å²) >= 11 is 0. The van der Waals surface area contributed by atoms with Crippen LogP contribution in [0.15, 0.2) is 72.8 Å². The number of Topliss-reactive ketones (excluding diaryl/α,β-unsaturated/α-hetero) is 1. The summed E-state index contributed by atoms with van der Waals surface area (Å²) in [5.74, 6) is -2.72. The maximum Gasteiger partial charge on any atom is 0.167 e. The molecule has 3 aromatic rings. The first kappa shape index (κ1) is 18.2. The van der Waals surface area contributed by atoms with Crippen LogP contribution in [-0.4, -0.2) is 5.78 Å². The summed E-state index contributed by atoms with van der Waals surface area (Å²) < 4.78 is 41.4. The standard InChI is InChI=1S/C24H17F3O/c1-14-21(15-5-3-2-4-6-15)22(17-11-19(26)13-20(27)12-17)23(24(14)28)16-7-9-18(25)10-8-16/h2-14,21H,1H3/t14-,21?/m0/s1. The quantitative estimate of drug-likeness (QED) is 0.545. The Balaban J connectivity index is 2.01. The highest BCUT2D eigenvalue weighted by atomic mass is 19.1. The Kier molecular flexibility index (Phi) is 4.63. The van der Waals surface area contributed by atoms with E-state index in [1.165, 1.54) is 36.4 Å². The van der Waals surface area contributed by atoms with E-state index in [1.807, 2.05) is 37.3 Å². The van der Waals surface area contributed by atoms with Crippen molar-refractivity contribution in [2.45, 2.75) is 12.8 Å². The molecule has 1 unspecified atom stereocenters. The van der Waals surface area contributed by atoms with Crippen LogP contribution in [0.2, 0.25) is 0 Å². The zero-order chi connectivity index (χ0) is 19.8. The highest BCUT2D eigenvalue weighted by Gasteiger charge is 2.41. The van der Waals surface area contributed by atoms with Gasteiger partial charge in [-0.2, -0.15) is 0 Å². The van der Waals surface area contributed by atoms with Gasteiger partial charge in [0.05, 0.1) is 0 Å². The number of benzene rings is 3. The van der Waals surface area contributed by atoms with Crippen LogP contribution in [-0.2, 0) is 4.79 Å². The Morgan fingerprint density at radius 2 is 1.32 bits per heavy atom. The van der Waals surface area contributed by atoms with Gasteiger partial charge in [-0.05, 0) is 46.5 Å². The molecule has 3 aromatic carbocycles. The lowest BCUT2D eigenvalue weighted by Crippen LogP contribution is -2.12. The average molecular weight is 378 g/mol. The molecule has 4 heteroatoms. The van der Waals surface area contributed by atoms with E-state index < -0.39 is 23.4 Å². The van der Waals surface area contributed by atoms with Crippen molar-refractivity contribution in [2.75, 3.05) is 0 Å². The van der Waals surface area contributed by atoms with E-state index in [0.29, 0.717) is 22.3 Å². The molecule has 1 aliphatic rings. The van der Waals surface area contributed by atoms with Crippen molar-refractivity contribution in [1.82, 2.24) is 0 Å². The fraction of sp³-hybridized carbons (Fsp3) is 0.125. The Labute approximate surface area is 161 Å². The summed E-state index contributed by atoms with van der Waals surface area (Å²) in [6.45, 7) is 1.81. The minimum atomic E-state index is -0.709. The van der Waals surface area contributed by atoms with E-state index in [1.54, 1.807) is 0 Å². The Morgan fingerprint density at radius 3 is 1.93 bits per heavy atom. The number of ketones is 1. The van der Waals surface area contributed by atoms with Gasteiger partial charge in [-0.25, -0.2) is 13.2 Å². The lowest BCUT2D eigenvalue weighted by atomic mass is 9.82. The summed E-state index contributed by atoms with van der Waals surface area (Å²) in [4.78, 5) is 13.2. The first-order valence-electron chi connectivity index (χ1n) is 9.01. The summed E-state index contributed by atoms with van der Waals surface area (Å²) in [6.07, 6.45) is 0. The van der Waals surface area contributed by atoms with Gasteiger partial charge in [-0.15, -0.1) is 0 Å². The van der Waals surface area contributed by atoms with Crippen LogP contribution in [0.3, 0.4) is 0 Å². The van der Waals surface area contributed by atoms with E-state index in [-0.39, 0.29) is 11.7 Å². The lowest BCUT2D eigenvalue weighted by Gasteiger charge is -2.20. The number of carbonyl (C=O) groups is 1. The molecule has 2 atom stereocenters. The Bertz CT molecular complexity index is 1050. The van der Waals surface area contributed by atoms with Gasteiger partial charge in [0.1, 0.15) is 17.5 Å². The summed E-state index contributed by atoms with van der Waals surface area (Å²) in [5.41, 5.74) is 2.69. The van der Waals surface area contributed by atoms with Gasteiger partial charge >= 0.3 is 0 Å². The molecule has 0 N–H and O–H groups in total. The molecule has 0 bridgehead atoms. The van der Waals surface area contributed by atoms with Crippen LogP contribution in [0.5, 0.6) is 0 Å². The summed E-state index contributed by atoms with van der Waals surface area (Å²) in [5, 5.41) is 0. The molecule has 140 valence electrons. The van der Waals surface area contributed by atoms with E-state index in [4.69, 9.17) is 0 Å². The third-order valence-corrected chi connectivity index (χ3v) is 5.21. The summed E-state index contributed by atoms with van der Waals surface area (Å²) in [6, 6.07) is 18.3. The average Bonchev–Trinajstić information content (AvgIpc) is 2.94. The first-order chi connectivity index (χ1) is 13.5. The smallest absolute Gasteiger partial charge is 0.167 e. The van der Waals surface area contributed by atoms with E-state index in [0.717, 1.165) is 11.6 Å². The number of hydrogen-bond donors (Lipinski definition) is 0. The number of halogens is 3. The van der Waals surface area contributed by atoms with Crippen molar-refractivity contribution in [3.05, 3.63) is 107 Å². The molecule has 1 nitrogen and oxygen atoms in total. The number of allylic oxidation sites excluding steroid dienone is 2. The van der Waals surface area contributed by atoms with Crippen molar-refractivity contribution in [3.8, 4) is 0 Å². The Hall–Kier alpha value is -3.14. The maximum absolute atomic E-state index is 14.0. The van der Waals surface area contributed by atoms with Crippen molar-refractivity contribution in [3.63, 3.8) is 0 Å². The van der Waals surface area contributed by atoms with Gasteiger partial charge in [-0.3, -0.25) is 4.79 Å². The fourth-order valence-corrected chi connectivity index (χ4v) is 3.98. The molecule has 0 saturated heterocycles. The maximum atomic E-state index is 14.0. The molecule has 28 heavy (non-hydrogen) atoms. The molecule has 0 aromatic heterocycles. The van der Waals surface area contributed by atoms with Gasteiger partial charge in [0.2, 0.25) is 0 Å². The van der Waals surface area contributed by atoms with Crippen LogP contribution in [0.4, 0.5) is 13.2 Å². The van der Waals surface area contributed by atoms with E-state index in [2.05, 4.69) is 0 Å². The first-order valence-corrected chi connectivity index (χ1v) is 9.01. The van der Waals surface area contributed by atoms with Crippen molar-refractivity contribution >= 4 is 16.9 Å². The zero-order valence-corrected chi connectivity index (χ0v) is 15.1. The largest absolute Gasteiger partial charge is 0.294 e. The molecule has 0 fully saturated rings. The van der Waals surface area contributed by atoms with Crippen LogP contribution in [0.25, 0.3) is 11.1 Å².